The van der Waals surface area contributed by atoms with Gasteiger partial charge in [0.15, 0.2) is 0 Å². The number of carbonyl (C=O) groups excluding carboxylic acids is 1. The molecular weight excluding hydrogens is 364 g/mol. The molecule has 2 aromatic rings. The molecule has 0 bridgehead atoms. The minimum Gasteiger partial charge on any atom is -0.348 e. The minimum atomic E-state index is -2.82. The van der Waals surface area contributed by atoms with Crippen LogP contribution in [0.15, 0.2) is 24.4 Å². The molecule has 2 aromatic heterocycles. The lowest BCUT2D eigenvalue weighted by molar-refractivity contribution is 0.0880. The van der Waals surface area contributed by atoms with Crippen molar-refractivity contribution in [2.45, 2.75) is 44.7 Å². The average Bonchev–Trinajstić information content (AvgIpc) is 3.00. The normalized spacial score (nSPS) is 22.1. The number of amides is 1. The van der Waals surface area contributed by atoms with Gasteiger partial charge in [0.1, 0.15) is 21.2 Å². The highest BCUT2D eigenvalue weighted by Gasteiger charge is 2.31. The maximum atomic E-state index is 12.7. The number of nitrogens with one attached hydrogen (secondary N) is 1. The molecule has 4 rings (SSSR count). The van der Waals surface area contributed by atoms with E-state index in [1.165, 1.54) is 0 Å². The van der Waals surface area contributed by atoms with Crippen LogP contribution in [0, 0.1) is 6.92 Å². The van der Waals surface area contributed by atoms with Gasteiger partial charge in [0.05, 0.1) is 17.2 Å². The van der Waals surface area contributed by atoms with Crippen molar-refractivity contribution in [1.29, 1.82) is 0 Å². The average molecular weight is 391 g/mol. The second-order valence-electron chi connectivity index (χ2n) is 7.64. The van der Waals surface area contributed by atoms with Crippen molar-refractivity contribution in [1.82, 2.24) is 19.6 Å². The number of pyridine rings is 1. The quantitative estimate of drug-likeness (QED) is 0.857. The van der Waals surface area contributed by atoms with Crippen molar-refractivity contribution in [3.05, 3.63) is 35.8 Å². The smallest absolute Gasteiger partial charge is 0.272 e. The number of hydrogen-bond donors (Lipinski definition) is 1. The van der Waals surface area contributed by atoms with Crippen molar-refractivity contribution in [3.8, 4) is 0 Å². The van der Waals surface area contributed by atoms with E-state index in [2.05, 4.69) is 15.2 Å². The third-order valence-electron chi connectivity index (χ3n) is 5.89. The van der Waals surface area contributed by atoms with Crippen molar-refractivity contribution in [3.63, 3.8) is 0 Å². The first-order valence-corrected chi connectivity index (χ1v) is 11.4. The summed E-state index contributed by atoms with van der Waals surface area (Å²) in [6, 6.07) is 6.24. The molecule has 2 aliphatic rings. The molecule has 1 amide bonds. The number of rotatable bonds is 3. The van der Waals surface area contributed by atoms with Gasteiger partial charge >= 0.3 is 0 Å². The van der Waals surface area contributed by atoms with Crippen LogP contribution in [-0.4, -0.2) is 65.3 Å². The monoisotopic (exact) mass is 390 g/mol. The molecule has 7 nitrogen and oxygen atoms in total. The fourth-order valence-corrected chi connectivity index (χ4v) is 5.71. The Hall–Kier alpha value is -1.93. The first kappa shape index (κ1) is 18.4. The molecule has 0 radical (unpaired) electrons. The zero-order valence-corrected chi connectivity index (χ0v) is 16.4. The van der Waals surface area contributed by atoms with Gasteiger partial charge in [-0.05, 0) is 44.7 Å². The maximum Gasteiger partial charge on any atom is 0.272 e. The maximum absolute atomic E-state index is 12.7. The summed E-state index contributed by atoms with van der Waals surface area (Å²) >= 11 is 0. The summed E-state index contributed by atoms with van der Waals surface area (Å²) in [4.78, 5) is 19.6. The zero-order chi connectivity index (χ0) is 19.0. The molecule has 0 aliphatic carbocycles. The number of aromatic nitrogens is 2. The van der Waals surface area contributed by atoms with Gasteiger partial charge in [-0.3, -0.25) is 4.79 Å². The number of nitrogens with zero attached hydrogens (tertiary/aromatic N) is 3. The number of hydrogen-bond acceptors (Lipinski definition) is 5. The summed E-state index contributed by atoms with van der Waals surface area (Å²) in [5, 5.41) is 3.14. The van der Waals surface area contributed by atoms with Crippen LogP contribution in [0.3, 0.4) is 0 Å². The second kappa shape index (κ2) is 7.24. The number of imidazole rings is 1. The van der Waals surface area contributed by atoms with E-state index in [0.717, 1.165) is 50.1 Å². The lowest BCUT2D eigenvalue weighted by Crippen LogP contribution is -2.49. The Morgan fingerprint density at radius 3 is 2.52 bits per heavy atom. The highest BCUT2D eigenvalue weighted by atomic mass is 32.2. The van der Waals surface area contributed by atoms with Crippen LogP contribution in [0.5, 0.6) is 0 Å². The van der Waals surface area contributed by atoms with Gasteiger partial charge in [0.25, 0.3) is 5.91 Å². The van der Waals surface area contributed by atoms with Crippen molar-refractivity contribution < 1.29 is 13.2 Å². The summed E-state index contributed by atoms with van der Waals surface area (Å²) < 4.78 is 25.1. The van der Waals surface area contributed by atoms with Crippen LogP contribution in [0.4, 0.5) is 0 Å². The van der Waals surface area contributed by atoms with E-state index in [1.807, 2.05) is 35.7 Å². The molecule has 146 valence electrons. The van der Waals surface area contributed by atoms with E-state index >= 15 is 0 Å². The van der Waals surface area contributed by atoms with Crippen LogP contribution in [0.1, 0.15) is 41.9 Å². The standard InChI is InChI=1S/C19H26N4O3S/c1-14-18(21-17-4-2-3-9-23(14)17)19(24)20-15-5-10-22(11-6-15)16-7-12-27(25,26)13-8-16/h2-4,9,15-16H,5-8,10-13H2,1H3,(H,20,24). The number of fused-ring (bicyclic) bond motifs is 1. The number of carbonyl (C=O) groups is 1. The van der Waals surface area contributed by atoms with Gasteiger partial charge in [0.2, 0.25) is 0 Å². The summed E-state index contributed by atoms with van der Waals surface area (Å²) in [7, 11) is -2.82. The number of likely N-dealkylation sites (tertiary alicyclic amines) is 1. The van der Waals surface area contributed by atoms with Crippen LogP contribution in [0.25, 0.3) is 5.65 Å². The van der Waals surface area contributed by atoms with Crippen LogP contribution in [0.2, 0.25) is 0 Å². The molecule has 0 saturated carbocycles. The van der Waals surface area contributed by atoms with E-state index < -0.39 is 9.84 Å². The van der Waals surface area contributed by atoms with Crippen LogP contribution >= 0.6 is 0 Å². The van der Waals surface area contributed by atoms with E-state index in [1.54, 1.807) is 0 Å². The molecule has 0 unspecified atom stereocenters. The second-order valence-corrected chi connectivity index (χ2v) is 9.94. The Morgan fingerprint density at radius 1 is 1.15 bits per heavy atom. The molecular formula is C19H26N4O3S. The van der Waals surface area contributed by atoms with Crippen molar-refractivity contribution >= 4 is 21.4 Å². The molecule has 2 fully saturated rings. The van der Waals surface area contributed by atoms with Gasteiger partial charge in [0, 0.05) is 31.4 Å². The van der Waals surface area contributed by atoms with Gasteiger partial charge < -0.3 is 14.6 Å². The molecule has 0 spiro atoms. The number of sulfone groups is 1. The van der Waals surface area contributed by atoms with Crippen molar-refractivity contribution in [2.75, 3.05) is 24.6 Å². The predicted molar refractivity (Wildman–Crippen MR) is 104 cm³/mol. The Kier molecular flexibility index (Phi) is 4.94. The Labute approximate surface area is 159 Å². The Balaban J connectivity index is 1.33. The lowest BCUT2D eigenvalue weighted by atomic mass is 10.0. The largest absolute Gasteiger partial charge is 0.348 e. The third kappa shape index (κ3) is 3.87. The van der Waals surface area contributed by atoms with Gasteiger partial charge in [-0.2, -0.15) is 0 Å². The van der Waals surface area contributed by atoms with E-state index in [-0.39, 0.29) is 11.9 Å². The Morgan fingerprint density at radius 2 is 1.85 bits per heavy atom. The molecule has 0 atom stereocenters. The van der Waals surface area contributed by atoms with Gasteiger partial charge in [-0.25, -0.2) is 13.4 Å². The fraction of sp³-hybridized carbons (Fsp3) is 0.579. The minimum absolute atomic E-state index is 0.113. The van der Waals surface area contributed by atoms with Crippen LogP contribution in [-0.2, 0) is 9.84 Å². The number of aryl methyl sites for hydroxylation is 1. The topological polar surface area (TPSA) is 83.8 Å². The highest BCUT2D eigenvalue weighted by Crippen LogP contribution is 2.22. The first-order valence-electron chi connectivity index (χ1n) is 9.62. The van der Waals surface area contributed by atoms with Crippen LogP contribution < -0.4 is 5.32 Å². The van der Waals surface area contributed by atoms with E-state index in [4.69, 9.17) is 0 Å². The molecule has 8 heteroatoms. The summed E-state index contributed by atoms with van der Waals surface area (Å²) in [5.41, 5.74) is 2.12. The first-order chi connectivity index (χ1) is 12.9. The number of piperidine rings is 1. The molecule has 4 heterocycles. The summed E-state index contributed by atoms with van der Waals surface area (Å²) in [5.74, 6) is 0.501. The Bertz CT molecular complexity index is 931. The van der Waals surface area contributed by atoms with Gasteiger partial charge in [-0.1, -0.05) is 6.07 Å². The highest BCUT2D eigenvalue weighted by molar-refractivity contribution is 7.91. The SMILES string of the molecule is Cc1c(C(=O)NC2CCN(C3CCS(=O)(=O)CC3)CC2)nc2ccccn12. The molecule has 0 aromatic carbocycles. The van der Waals surface area contributed by atoms with E-state index in [9.17, 15) is 13.2 Å². The fourth-order valence-electron chi connectivity index (χ4n) is 4.24. The zero-order valence-electron chi connectivity index (χ0n) is 15.6. The summed E-state index contributed by atoms with van der Waals surface area (Å²) in [6.45, 7) is 3.72. The third-order valence-corrected chi connectivity index (χ3v) is 7.60. The molecule has 1 N–H and O–H groups in total. The van der Waals surface area contributed by atoms with Crippen molar-refractivity contribution in [2.24, 2.45) is 0 Å². The molecule has 27 heavy (non-hydrogen) atoms. The van der Waals surface area contributed by atoms with E-state index in [0.29, 0.717) is 23.2 Å². The molecule has 2 saturated heterocycles. The lowest BCUT2D eigenvalue weighted by Gasteiger charge is -2.39. The predicted octanol–water partition coefficient (Wildman–Crippen LogP) is 1.41. The summed E-state index contributed by atoms with van der Waals surface area (Å²) in [6.07, 6.45) is 5.17. The molecule has 2 aliphatic heterocycles. The van der Waals surface area contributed by atoms with Gasteiger partial charge in [-0.15, -0.1) is 0 Å².